The molecule has 0 bridgehead atoms. The SMILES string of the molecule is Cc1cscc1C(N)COC=O. The molecule has 1 heterocycles. The van der Waals surface area contributed by atoms with Gasteiger partial charge in [-0.05, 0) is 28.8 Å². The molecule has 2 N–H and O–H groups in total. The van der Waals surface area contributed by atoms with Gasteiger partial charge in [0.1, 0.15) is 6.61 Å². The van der Waals surface area contributed by atoms with Gasteiger partial charge < -0.3 is 10.5 Å². The maximum absolute atomic E-state index is 9.89. The topological polar surface area (TPSA) is 52.3 Å². The van der Waals surface area contributed by atoms with Crippen LogP contribution in [0.4, 0.5) is 0 Å². The summed E-state index contributed by atoms with van der Waals surface area (Å²) in [5.41, 5.74) is 7.96. The summed E-state index contributed by atoms with van der Waals surface area (Å²) in [5, 5.41) is 4.00. The van der Waals surface area contributed by atoms with E-state index in [0.29, 0.717) is 6.47 Å². The summed E-state index contributed by atoms with van der Waals surface area (Å²) in [6.07, 6.45) is 0. The maximum atomic E-state index is 9.89. The van der Waals surface area contributed by atoms with E-state index < -0.39 is 0 Å². The average Bonchev–Trinajstić information content (AvgIpc) is 2.47. The van der Waals surface area contributed by atoms with E-state index in [1.165, 1.54) is 0 Å². The van der Waals surface area contributed by atoms with Crippen molar-refractivity contribution in [1.29, 1.82) is 0 Å². The smallest absolute Gasteiger partial charge is 0.293 e. The van der Waals surface area contributed by atoms with Crippen LogP contribution in [0, 0.1) is 6.92 Å². The Morgan fingerprint density at radius 2 is 2.50 bits per heavy atom. The molecule has 1 aromatic rings. The van der Waals surface area contributed by atoms with Crippen LogP contribution in [0.3, 0.4) is 0 Å². The lowest BCUT2D eigenvalue weighted by atomic mass is 10.1. The number of hydrogen-bond acceptors (Lipinski definition) is 4. The molecule has 0 aliphatic heterocycles. The highest BCUT2D eigenvalue weighted by atomic mass is 32.1. The van der Waals surface area contributed by atoms with Gasteiger partial charge in [0.15, 0.2) is 0 Å². The molecule has 1 atom stereocenters. The Kier molecular flexibility index (Phi) is 3.25. The average molecular weight is 185 g/mol. The molecule has 0 radical (unpaired) electrons. The first-order chi connectivity index (χ1) is 5.75. The summed E-state index contributed by atoms with van der Waals surface area (Å²) in [4.78, 5) is 9.89. The van der Waals surface area contributed by atoms with Crippen molar-refractivity contribution in [2.75, 3.05) is 6.61 Å². The highest BCUT2D eigenvalue weighted by molar-refractivity contribution is 7.08. The number of ether oxygens (including phenoxy) is 1. The molecule has 0 fully saturated rings. The van der Waals surface area contributed by atoms with Gasteiger partial charge in [0.25, 0.3) is 6.47 Å². The fourth-order valence-electron chi connectivity index (χ4n) is 0.983. The van der Waals surface area contributed by atoms with E-state index >= 15 is 0 Å². The predicted molar refractivity (Wildman–Crippen MR) is 48.0 cm³/mol. The van der Waals surface area contributed by atoms with Crippen LogP contribution >= 0.6 is 11.3 Å². The summed E-state index contributed by atoms with van der Waals surface area (Å²) in [6.45, 7) is 2.66. The van der Waals surface area contributed by atoms with E-state index in [2.05, 4.69) is 4.74 Å². The van der Waals surface area contributed by atoms with Crippen LogP contribution in [0.5, 0.6) is 0 Å². The molecule has 1 unspecified atom stereocenters. The Hall–Kier alpha value is -0.870. The molecular weight excluding hydrogens is 174 g/mol. The van der Waals surface area contributed by atoms with Crippen LogP contribution < -0.4 is 5.73 Å². The molecule has 0 saturated carbocycles. The predicted octanol–water partition coefficient (Wildman–Crippen LogP) is 1.23. The molecule has 1 rings (SSSR count). The Morgan fingerprint density at radius 3 is 3.00 bits per heavy atom. The molecular formula is C8H11NO2S. The van der Waals surface area contributed by atoms with Crippen LogP contribution in [0.25, 0.3) is 0 Å². The minimum atomic E-state index is -0.193. The number of rotatable bonds is 4. The van der Waals surface area contributed by atoms with Crippen LogP contribution in [0.2, 0.25) is 0 Å². The molecule has 4 heteroatoms. The van der Waals surface area contributed by atoms with Crippen molar-refractivity contribution in [3.05, 3.63) is 21.9 Å². The molecule has 0 amide bonds. The van der Waals surface area contributed by atoms with Crippen molar-refractivity contribution in [2.45, 2.75) is 13.0 Å². The van der Waals surface area contributed by atoms with Crippen molar-refractivity contribution >= 4 is 17.8 Å². The lowest BCUT2D eigenvalue weighted by Gasteiger charge is -2.09. The van der Waals surface area contributed by atoms with Gasteiger partial charge in [-0.25, -0.2) is 0 Å². The number of nitrogens with two attached hydrogens (primary N) is 1. The third-order valence-electron chi connectivity index (χ3n) is 1.64. The molecule has 0 aliphatic rings. The fraction of sp³-hybridized carbons (Fsp3) is 0.375. The summed E-state index contributed by atoms with van der Waals surface area (Å²) in [6, 6.07) is -0.193. The van der Waals surface area contributed by atoms with Crippen molar-refractivity contribution in [2.24, 2.45) is 5.73 Å². The standard InChI is InChI=1S/C8H11NO2S/c1-6-3-12-4-7(6)8(9)2-11-5-10/h3-5,8H,2,9H2,1H3. The van der Waals surface area contributed by atoms with Gasteiger partial charge in [0.05, 0.1) is 6.04 Å². The molecule has 0 aromatic carbocycles. The zero-order chi connectivity index (χ0) is 8.97. The zero-order valence-corrected chi connectivity index (χ0v) is 7.64. The number of hydrogen-bond donors (Lipinski definition) is 1. The van der Waals surface area contributed by atoms with Crippen molar-refractivity contribution in [3.63, 3.8) is 0 Å². The molecule has 3 nitrogen and oxygen atoms in total. The minimum absolute atomic E-state index is 0.193. The van der Waals surface area contributed by atoms with Crippen LogP contribution in [-0.2, 0) is 9.53 Å². The normalized spacial score (nSPS) is 12.5. The minimum Gasteiger partial charge on any atom is -0.466 e. The third kappa shape index (κ3) is 2.06. The number of thiophene rings is 1. The maximum Gasteiger partial charge on any atom is 0.293 e. The van der Waals surface area contributed by atoms with Crippen LogP contribution in [-0.4, -0.2) is 13.1 Å². The second-order valence-electron chi connectivity index (χ2n) is 2.55. The first kappa shape index (κ1) is 9.22. The molecule has 0 aliphatic carbocycles. The van der Waals surface area contributed by atoms with Crippen molar-refractivity contribution < 1.29 is 9.53 Å². The highest BCUT2D eigenvalue weighted by Crippen LogP contribution is 2.19. The molecule has 0 spiro atoms. The lowest BCUT2D eigenvalue weighted by molar-refractivity contribution is -0.129. The van der Waals surface area contributed by atoms with E-state index in [4.69, 9.17) is 5.73 Å². The largest absolute Gasteiger partial charge is 0.466 e. The Bertz CT molecular complexity index is 259. The van der Waals surface area contributed by atoms with Gasteiger partial charge in [-0.2, -0.15) is 11.3 Å². The van der Waals surface area contributed by atoms with Gasteiger partial charge in [0, 0.05) is 0 Å². The second kappa shape index (κ2) is 4.23. The van der Waals surface area contributed by atoms with Gasteiger partial charge in [0.2, 0.25) is 0 Å². The van der Waals surface area contributed by atoms with Gasteiger partial charge in [-0.15, -0.1) is 0 Å². The number of carbonyl (C=O) groups excluding carboxylic acids is 1. The quantitative estimate of drug-likeness (QED) is 0.718. The van der Waals surface area contributed by atoms with Gasteiger partial charge in [-0.1, -0.05) is 0 Å². The second-order valence-corrected chi connectivity index (χ2v) is 3.29. The molecule has 1 aromatic heterocycles. The molecule has 0 saturated heterocycles. The zero-order valence-electron chi connectivity index (χ0n) is 6.82. The van der Waals surface area contributed by atoms with E-state index in [0.717, 1.165) is 11.1 Å². The fourth-order valence-corrected chi connectivity index (χ4v) is 1.90. The van der Waals surface area contributed by atoms with E-state index in [9.17, 15) is 4.79 Å². The number of aryl methyl sites for hydroxylation is 1. The molecule has 66 valence electrons. The summed E-state index contributed by atoms with van der Waals surface area (Å²) in [7, 11) is 0. The van der Waals surface area contributed by atoms with Crippen molar-refractivity contribution in [3.8, 4) is 0 Å². The highest BCUT2D eigenvalue weighted by Gasteiger charge is 2.09. The Labute approximate surface area is 75.1 Å². The van der Waals surface area contributed by atoms with Crippen molar-refractivity contribution in [1.82, 2.24) is 0 Å². The van der Waals surface area contributed by atoms with Crippen LogP contribution in [0.1, 0.15) is 17.2 Å². The van der Waals surface area contributed by atoms with E-state index in [1.54, 1.807) is 11.3 Å². The lowest BCUT2D eigenvalue weighted by Crippen LogP contribution is -2.16. The molecule has 12 heavy (non-hydrogen) atoms. The summed E-state index contributed by atoms with van der Waals surface area (Å²) in [5.74, 6) is 0. The van der Waals surface area contributed by atoms with Gasteiger partial charge in [-0.3, -0.25) is 4.79 Å². The van der Waals surface area contributed by atoms with Crippen LogP contribution in [0.15, 0.2) is 10.8 Å². The van der Waals surface area contributed by atoms with E-state index in [1.807, 2.05) is 17.7 Å². The summed E-state index contributed by atoms with van der Waals surface area (Å²) < 4.78 is 4.57. The third-order valence-corrected chi connectivity index (χ3v) is 2.52. The van der Waals surface area contributed by atoms with Gasteiger partial charge >= 0.3 is 0 Å². The Balaban J connectivity index is 2.58. The first-order valence-electron chi connectivity index (χ1n) is 3.59. The Morgan fingerprint density at radius 1 is 1.75 bits per heavy atom. The monoisotopic (exact) mass is 185 g/mol. The summed E-state index contributed by atoms with van der Waals surface area (Å²) >= 11 is 1.60. The number of carbonyl (C=O) groups is 1. The first-order valence-corrected chi connectivity index (χ1v) is 4.53. The van der Waals surface area contributed by atoms with E-state index in [-0.39, 0.29) is 12.6 Å².